The number of methoxy groups -OCH3 is 2. The molecule has 0 bridgehead atoms. The predicted molar refractivity (Wildman–Crippen MR) is 120 cm³/mol. The number of halogens is 2. The molecule has 0 saturated carbocycles. The van der Waals surface area contributed by atoms with Crippen LogP contribution in [0.25, 0.3) is 11.1 Å². The van der Waals surface area contributed by atoms with Gasteiger partial charge in [0.05, 0.1) is 27.4 Å². The molecular weight excluding hydrogens is 435 g/mol. The summed E-state index contributed by atoms with van der Waals surface area (Å²) >= 11 is 0. The van der Waals surface area contributed by atoms with Crippen LogP contribution in [-0.4, -0.2) is 59.9 Å². The Hall–Kier alpha value is -1.94. The lowest BCUT2D eigenvalue weighted by atomic mass is 9.94. The molecule has 0 heterocycles. The highest BCUT2D eigenvalue weighted by Crippen LogP contribution is 2.45. The summed E-state index contributed by atoms with van der Waals surface area (Å²) in [5, 5.41) is 39.7. The van der Waals surface area contributed by atoms with Crippen LogP contribution in [0.5, 0.6) is 23.0 Å². The lowest BCUT2D eigenvalue weighted by Gasteiger charge is -2.18. The fraction of sp³-hybridized carbons (Fsp3) is 0.400. The second-order valence-corrected chi connectivity index (χ2v) is 6.68. The van der Waals surface area contributed by atoms with Gasteiger partial charge in [-0.1, -0.05) is 0 Å². The van der Waals surface area contributed by atoms with E-state index in [1.807, 2.05) is 0 Å². The van der Waals surface area contributed by atoms with Crippen molar-refractivity contribution in [3.63, 3.8) is 0 Å². The molecule has 2 rings (SSSR count). The maximum Gasteiger partial charge on any atom is 0.165 e. The largest absolute Gasteiger partial charge is 0.504 e. The molecule has 0 amide bonds. The first kappa shape index (κ1) is 28.1. The molecule has 8 N–H and O–H groups in total. The van der Waals surface area contributed by atoms with Crippen LogP contribution in [0, 0.1) is 0 Å². The third-order valence-corrected chi connectivity index (χ3v) is 4.46. The Bertz CT molecular complexity index is 755. The molecule has 0 aliphatic rings. The molecule has 30 heavy (non-hydrogen) atoms. The Kier molecular flexibility index (Phi) is 11.9. The first-order valence-electron chi connectivity index (χ1n) is 8.87. The number of benzene rings is 2. The van der Waals surface area contributed by atoms with Gasteiger partial charge in [-0.3, -0.25) is 0 Å². The summed E-state index contributed by atoms with van der Waals surface area (Å²) in [5.41, 5.74) is 13.8. The van der Waals surface area contributed by atoms with Crippen LogP contribution in [0.15, 0.2) is 24.3 Å². The minimum atomic E-state index is -0.473. The Morgan fingerprint density at radius 3 is 1.33 bits per heavy atom. The van der Waals surface area contributed by atoms with Gasteiger partial charge in [0.15, 0.2) is 23.0 Å². The van der Waals surface area contributed by atoms with Crippen molar-refractivity contribution in [2.45, 2.75) is 24.9 Å². The molecule has 2 unspecified atom stereocenters. The molecule has 8 nitrogen and oxygen atoms in total. The fourth-order valence-electron chi connectivity index (χ4n) is 3.02. The van der Waals surface area contributed by atoms with E-state index in [1.165, 1.54) is 14.2 Å². The summed E-state index contributed by atoms with van der Waals surface area (Å²) in [6.45, 7) is -0.377. The highest BCUT2D eigenvalue weighted by Gasteiger charge is 2.20. The molecule has 2 aromatic carbocycles. The van der Waals surface area contributed by atoms with Gasteiger partial charge in [0.2, 0.25) is 0 Å². The van der Waals surface area contributed by atoms with Gasteiger partial charge < -0.3 is 41.4 Å². The third kappa shape index (κ3) is 6.53. The summed E-state index contributed by atoms with van der Waals surface area (Å²) in [6.07, 6.45) is 0.709. The smallest absolute Gasteiger partial charge is 0.165 e. The summed E-state index contributed by atoms with van der Waals surface area (Å²) in [5.74, 6) is 0.136. The molecule has 2 atom stereocenters. The fourth-order valence-corrected chi connectivity index (χ4v) is 3.02. The lowest BCUT2D eigenvalue weighted by Crippen LogP contribution is -2.27. The van der Waals surface area contributed by atoms with Gasteiger partial charge in [-0.15, -0.1) is 24.8 Å². The molecule has 0 spiro atoms. The van der Waals surface area contributed by atoms with Gasteiger partial charge in [0.1, 0.15) is 0 Å². The van der Waals surface area contributed by atoms with Crippen LogP contribution >= 0.6 is 24.8 Å². The monoisotopic (exact) mass is 464 g/mol. The summed E-state index contributed by atoms with van der Waals surface area (Å²) < 4.78 is 10.5. The summed E-state index contributed by atoms with van der Waals surface area (Å²) in [7, 11) is 2.84. The average Bonchev–Trinajstić information content (AvgIpc) is 2.70. The Balaban J connectivity index is 0.00000420. The van der Waals surface area contributed by atoms with Gasteiger partial charge in [-0.2, -0.15) is 0 Å². The van der Waals surface area contributed by atoms with Crippen molar-refractivity contribution in [1.29, 1.82) is 0 Å². The molecule has 2 aromatic rings. The van der Waals surface area contributed by atoms with Crippen molar-refractivity contribution in [2.75, 3.05) is 27.4 Å². The second kappa shape index (κ2) is 12.7. The molecule has 0 aliphatic carbocycles. The van der Waals surface area contributed by atoms with Crippen molar-refractivity contribution in [1.82, 2.24) is 0 Å². The molecule has 170 valence electrons. The zero-order valence-corrected chi connectivity index (χ0v) is 18.5. The molecule has 0 radical (unpaired) electrons. The number of hydrogen-bond donors (Lipinski definition) is 6. The van der Waals surface area contributed by atoms with E-state index >= 15 is 0 Å². The van der Waals surface area contributed by atoms with Gasteiger partial charge in [0.25, 0.3) is 0 Å². The van der Waals surface area contributed by atoms with Crippen molar-refractivity contribution in [3.8, 4) is 34.1 Å². The SMILES string of the molecule is COc1cc(CC(N)CO)cc(-c2cc(CC(N)CO)cc(OC)c2O)c1O.Cl.Cl. The van der Waals surface area contributed by atoms with Crippen LogP contribution in [-0.2, 0) is 12.8 Å². The number of phenolic OH excluding ortho intramolecular Hbond substituents is 2. The van der Waals surface area contributed by atoms with E-state index in [1.54, 1.807) is 24.3 Å². The zero-order valence-electron chi connectivity index (χ0n) is 16.9. The van der Waals surface area contributed by atoms with Crippen LogP contribution < -0.4 is 20.9 Å². The molecule has 10 heteroatoms. The maximum atomic E-state index is 10.6. The quantitative estimate of drug-likeness (QED) is 0.325. The van der Waals surface area contributed by atoms with Crippen LogP contribution in [0.2, 0.25) is 0 Å². The highest BCUT2D eigenvalue weighted by atomic mass is 35.5. The van der Waals surface area contributed by atoms with E-state index in [0.717, 1.165) is 11.1 Å². The minimum absolute atomic E-state index is 0. The standard InChI is InChI=1S/C20H28N2O6.2ClH/c1-27-17-7-11(3-13(21)9-23)5-15(19(17)25)16-6-12(4-14(22)10-24)8-18(28-2)20(16)26;;/h5-8,13-14,23-26H,3-4,9-10,21-22H2,1-2H3;2*1H. The van der Waals surface area contributed by atoms with Gasteiger partial charge in [-0.25, -0.2) is 0 Å². The Morgan fingerprint density at radius 1 is 0.733 bits per heavy atom. The topological polar surface area (TPSA) is 151 Å². The third-order valence-electron chi connectivity index (χ3n) is 4.46. The highest BCUT2D eigenvalue weighted by molar-refractivity contribution is 5.85. The van der Waals surface area contributed by atoms with Gasteiger partial charge >= 0.3 is 0 Å². The molecule has 0 fully saturated rings. The second-order valence-electron chi connectivity index (χ2n) is 6.68. The van der Waals surface area contributed by atoms with E-state index < -0.39 is 12.1 Å². The number of hydrogen-bond acceptors (Lipinski definition) is 8. The number of ether oxygens (including phenoxy) is 2. The number of aliphatic hydroxyl groups excluding tert-OH is 2. The van der Waals surface area contributed by atoms with Crippen molar-refractivity contribution in [3.05, 3.63) is 35.4 Å². The number of aromatic hydroxyl groups is 2. The first-order chi connectivity index (χ1) is 13.3. The molecule has 0 aliphatic heterocycles. The zero-order chi connectivity index (χ0) is 20.8. The van der Waals surface area contributed by atoms with E-state index in [9.17, 15) is 20.4 Å². The summed E-state index contributed by atoms with van der Waals surface area (Å²) in [4.78, 5) is 0. The van der Waals surface area contributed by atoms with Crippen LogP contribution in [0.3, 0.4) is 0 Å². The number of rotatable bonds is 9. The van der Waals surface area contributed by atoms with Crippen molar-refractivity contribution in [2.24, 2.45) is 11.5 Å². The summed E-state index contributed by atoms with van der Waals surface area (Å²) in [6, 6.07) is 5.68. The molecular formula is C20H30Cl2N2O6. The predicted octanol–water partition coefficient (Wildman–Crippen LogP) is 1.35. The normalized spacial score (nSPS) is 12.3. The van der Waals surface area contributed by atoms with E-state index in [0.29, 0.717) is 24.0 Å². The molecule has 0 aromatic heterocycles. The van der Waals surface area contributed by atoms with Gasteiger partial charge in [-0.05, 0) is 48.2 Å². The number of phenols is 2. The lowest BCUT2D eigenvalue weighted by molar-refractivity contribution is 0.265. The Morgan fingerprint density at radius 2 is 1.07 bits per heavy atom. The van der Waals surface area contributed by atoms with Crippen LogP contribution in [0.1, 0.15) is 11.1 Å². The van der Waals surface area contributed by atoms with E-state index in [2.05, 4.69) is 0 Å². The van der Waals surface area contributed by atoms with Crippen molar-refractivity contribution >= 4 is 24.8 Å². The van der Waals surface area contributed by atoms with E-state index in [-0.39, 0.29) is 61.0 Å². The number of nitrogens with two attached hydrogens (primary N) is 2. The Labute approximate surface area is 188 Å². The minimum Gasteiger partial charge on any atom is -0.504 e. The van der Waals surface area contributed by atoms with Crippen LogP contribution in [0.4, 0.5) is 0 Å². The average molecular weight is 465 g/mol. The maximum absolute atomic E-state index is 10.6. The van der Waals surface area contributed by atoms with Gasteiger partial charge in [0, 0.05) is 23.2 Å². The van der Waals surface area contributed by atoms with Crippen molar-refractivity contribution < 1.29 is 29.9 Å². The molecule has 0 saturated heterocycles. The first-order valence-corrected chi connectivity index (χ1v) is 8.87. The number of aliphatic hydroxyl groups is 2. The van der Waals surface area contributed by atoms with E-state index in [4.69, 9.17) is 20.9 Å².